The quantitative estimate of drug-likeness (QED) is 0.724. The molecule has 0 radical (unpaired) electrons. The number of benzene rings is 1. The molecule has 2 aliphatic carbocycles. The zero-order chi connectivity index (χ0) is 16.2. The Labute approximate surface area is 135 Å². The highest BCUT2D eigenvalue weighted by atomic mass is 19.1. The average Bonchev–Trinajstić information content (AvgIpc) is 3.41. The Bertz CT molecular complexity index is 565. The van der Waals surface area contributed by atoms with Crippen LogP contribution in [0.1, 0.15) is 50.1 Å². The van der Waals surface area contributed by atoms with Crippen LogP contribution in [0.4, 0.5) is 4.39 Å². The smallest absolute Gasteiger partial charge is 0.223 e. The Kier molecular flexibility index (Phi) is 4.94. The average molecular weight is 318 g/mol. The molecule has 1 aromatic rings. The molecule has 1 aromatic carbocycles. The standard InChI is InChI=1S/C18H23FN2O2/c19-15-9-7-13(8-10-15)17(12-3-4-12)21-16(22)2-1-11-20-18(23)14-5-6-14/h7-10,12,14,17H,1-6,11H2,(H,20,23)(H,21,22). The lowest BCUT2D eigenvalue weighted by atomic mass is 10.0. The highest BCUT2D eigenvalue weighted by molar-refractivity contribution is 5.81. The minimum absolute atomic E-state index is 0.00750. The minimum atomic E-state index is -0.263. The summed E-state index contributed by atoms with van der Waals surface area (Å²) in [5.41, 5.74) is 0.962. The molecule has 4 nitrogen and oxygen atoms in total. The maximum Gasteiger partial charge on any atom is 0.223 e. The molecule has 1 unspecified atom stereocenters. The third-order valence-electron chi connectivity index (χ3n) is 4.47. The molecule has 2 N–H and O–H groups in total. The normalized spacial score (nSPS) is 18.3. The Morgan fingerprint density at radius 3 is 2.43 bits per heavy atom. The van der Waals surface area contributed by atoms with Gasteiger partial charge in [0.2, 0.25) is 11.8 Å². The lowest BCUT2D eigenvalue weighted by Gasteiger charge is -2.19. The molecule has 124 valence electrons. The maximum absolute atomic E-state index is 13.0. The number of carbonyl (C=O) groups excluding carboxylic acids is 2. The molecule has 2 fully saturated rings. The van der Waals surface area contributed by atoms with Gasteiger partial charge < -0.3 is 10.6 Å². The summed E-state index contributed by atoms with van der Waals surface area (Å²) in [4.78, 5) is 23.6. The minimum Gasteiger partial charge on any atom is -0.356 e. The number of hydrogen-bond donors (Lipinski definition) is 2. The summed E-state index contributed by atoms with van der Waals surface area (Å²) < 4.78 is 13.0. The molecule has 0 aromatic heterocycles. The van der Waals surface area contributed by atoms with Crippen molar-refractivity contribution < 1.29 is 14.0 Å². The summed E-state index contributed by atoms with van der Waals surface area (Å²) in [6, 6.07) is 6.33. The van der Waals surface area contributed by atoms with E-state index < -0.39 is 0 Å². The van der Waals surface area contributed by atoms with Gasteiger partial charge in [-0.05, 0) is 55.7 Å². The summed E-state index contributed by atoms with van der Waals surface area (Å²) in [5.74, 6) is 0.515. The summed E-state index contributed by atoms with van der Waals surface area (Å²) in [6.45, 7) is 0.549. The van der Waals surface area contributed by atoms with Crippen molar-refractivity contribution in [2.24, 2.45) is 11.8 Å². The Morgan fingerprint density at radius 2 is 1.83 bits per heavy atom. The van der Waals surface area contributed by atoms with Crippen molar-refractivity contribution in [1.82, 2.24) is 10.6 Å². The van der Waals surface area contributed by atoms with Crippen LogP contribution in [0.3, 0.4) is 0 Å². The first-order chi connectivity index (χ1) is 11.1. The number of amides is 2. The summed E-state index contributed by atoms with van der Waals surface area (Å²) >= 11 is 0. The van der Waals surface area contributed by atoms with Gasteiger partial charge in [0.05, 0.1) is 6.04 Å². The van der Waals surface area contributed by atoms with Gasteiger partial charge in [-0.25, -0.2) is 4.39 Å². The maximum atomic E-state index is 13.0. The van der Waals surface area contributed by atoms with Crippen LogP contribution in [0.25, 0.3) is 0 Å². The van der Waals surface area contributed by atoms with Crippen LogP contribution in [-0.4, -0.2) is 18.4 Å². The van der Waals surface area contributed by atoms with Crippen molar-refractivity contribution in [3.05, 3.63) is 35.6 Å². The van der Waals surface area contributed by atoms with Crippen molar-refractivity contribution in [3.63, 3.8) is 0 Å². The molecule has 5 heteroatoms. The van der Waals surface area contributed by atoms with E-state index in [1.165, 1.54) is 12.1 Å². The third kappa shape index (κ3) is 4.78. The van der Waals surface area contributed by atoms with Crippen molar-refractivity contribution >= 4 is 11.8 Å². The second-order valence-electron chi connectivity index (χ2n) is 6.60. The van der Waals surface area contributed by atoms with Gasteiger partial charge in [-0.2, -0.15) is 0 Å². The van der Waals surface area contributed by atoms with E-state index in [4.69, 9.17) is 0 Å². The van der Waals surface area contributed by atoms with Gasteiger partial charge >= 0.3 is 0 Å². The molecule has 2 aliphatic rings. The van der Waals surface area contributed by atoms with Gasteiger partial charge in [0.1, 0.15) is 5.82 Å². The fourth-order valence-electron chi connectivity index (χ4n) is 2.77. The predicted molar refractivity (Wildman–Crippen MR) is 85.0 cm³/mol. The van der Waals surface area contributed by atoms with Gasteiger partial charge in [-0.3, -0.25) is 9.59 Å². The van der Waals surface area contributed by atoms with E-state index in [2.05, 4.69) is 10.6 Å². The van der Waals surface area contributed by atoms with E-state index >= 15 is 0 Å². The summed E-state index contributed by atoms with van der Waals surface area (Å²) in [7, 11) is 0. The van der Waals surface area contributed by atoms with E-state index in [1.807, 2.05) is 0 Å². The topological polar surface area (TPSA) is 58.2 Å². The van der Waals surface area contributed by atoms with E-state index in [0.717, 1.165) is 31.2 Å². The fourth-order valence-corrected chi connectivity index (χ4v) is 2.77. The molecule has 2 amide bonds. The molecule has 0 bridgehead atoms. The first-order valence-electron chi connectivity index (χ1n) is 8.46. The molecule has 0 heterocycles. The lowest BCUT2D eigenvalue weighted by Crippen LogP contribution is -2.31. The van der Waals surface area contributed by atoms with E-state index in [1.54, 1.807) is 12.1 Å². The van der Waals surface area contributed by atoms with Crippen LogP contribution in [0.15, 0.2) is 24.3 Å². The molecule has 0 aliphatic heterocycles. The second-order valence-corrected chi connectivity index (χ2v) is 6.60. The van der Waals surface area contributed by atoms with E-state index in [-0.39, 0.29) is 29.6 Å². The van der Waals surface area contributed by atoms with Gasteiger partial charge in [0.25, 0.3) is 0 Å². The van der Waals surface area contributed by atoms with Crippen molar-refractivity contribution in [1.29, 1.82) is 0 Å². The second kappa shape index (κ2) is 7.11. The van der Waals surface area contributed by atoms with Crippen molar-refractivity contribution in [3.8, 4) is 0 Å². The molecule has 23 heavy (non-hydrogen) atoms. The number of hydrogen-bond acceptors (Lipinski definition) is 2. The predicted octanol–water partition coefficient (Wildman–Crippen LogP) is 2.70. The summed E-state index contributed by atoms with van der Waals surface area (Å²) in [5, 5.41) is 5.93. The van der Waals surface area contributed by atoms with Gasteiger partial charge in [-0.1, -0.05) is 12.1 Å². The Hall–Kier alpha value is -1.91. The highest BCUT2D eigenvalue weighted by Gasteiger charge is 2.33. The van der Waals surface area contributed by atoms with Gasteiger partial charge in [-0.15, -0.1) is 0 Å². The van der Waals surface area contributed by atoms with Crippen LogP contribution in [0.2, 0.25) is 0 Å². The third-order valence-corrected chi connectivity index (χ3v) is 4.47. The number of rotatable bonds is 8. The van der Waals surface area contributed by atoms with E-state index in [0.29, 0.717) is 25.3 Å². The van der Waals surface area contributed by atoms with Crippen molar-refractivity contribution in [2.75, 3.05) is 6.54 Å². The first-order valence-corrected chi connectivity index (χ1v) is 8.46. The van der Waals surface area contributed by atoms with Gasteiger partial charge in [0, 0.05) is 18.9 Å². The molecule has 3 rings (SSSR count). The van der Waals surface area contributed by atoms with Crippen LogP contribution >= 0.6 is 0 Å². The molecule has 1 atom stereocenters. The summed E-state index contributed by atoms with van der Waals surface area (Å²) in [6.07, 6.45) is 5.22. The first kappa shape index (κ1) is 16.0. The Balaban J connectivity index is 1.43. The zero-order valence-electron chi connectivity index (χ0n) is 13.2. The molecule has 0 spiro atoms. The number of halogens is 1. The van der Waals surface area contributed by atoms with Gasteiger partial charge in [0.15, 0.2) is 0 Å². The molecular weight excluding hydrogens is 295 g/mol. The van der Waals surface area contributed by atoms with E-state index in [9.17, 15) is 14.0 Å². The molecule has 2 saturated carbocycles. The monoisotopic (exact) mass is 318 g/mol. The fraction of sp³-hybridized carbons (Fsp3) is 0.556. The van der Waals surface area contributed by atoms with Crippen LogP contribution < -0.4 is 10.6 Å². The zero-order valence-corrected chi connectivity index (χ0v) is 13.2. The number of nitrogens with one attached hydrogen (secondary N) is 2. The SMILES string of the molecule is O=C(CCCNC(=O)C1CC1)NC(c1ccc(F)cc1)C1CC1. The largest absolute Gasteiger partial charge is 0.356 e. The van der Waals surface area contributed by atoms with Crippen LogP contribution in [0, 0.1) is 17.7 Å². The van der Waals surface area contributed by atoms with Crippen LogP contribution in [0.5, 0.6) is 0 Å². The number of carbonyl (C=O) groups is 2. The Morgan fingerprint density at radius 1 is 1.13 bits per heavy atom. The molecular formula is C18H23FN2O2. The highest BCUT2D eigenvalue weighted by Crippen LogP contribution is 2.41. The van der Waals surface area contributed by atoms with Crippen LogP contribution in [-0.2, 0) is 9.59 Å². The van der Waals surface area contributed by atoms with Crippen molar-refractivity contribution in [2.45, 2.75) is 44.6 Å². The molecule has 0 saturated heterocycles. The lowest BCUT2D eigenvalue weighted by molar-refractivity contribution is -0.124.